The van der Waals surface area contributed by atoms with Crippen LogP contribution in [0.2, 0.25) is 0 Å². The second-order valence-corrected chi connectivity index (χ2v) is 4.93. The van der Waals surface area contributed by atoms with Crippen molar-refractivity contribution in [2.45, 2.75) is 25.3 Å². The molecule has 0 fully saturated rings. The molecule has 1 atom stereocenters. The fraction of sp³-hybridized carbons (Fsp3) is 0.357. The van der Waals surface area contributed by atoms with Crippen molar-refractivity contribution >= 4 is 17.8 Å². The van der Waals surface area contributed by atoms with Crippen LogP contribution in [0.1, 0.15) is 17.5 Å². The van der Waals surface area contributed by atoms with Crippen LogP contribution in [0.15, 0.2) is 24.3 Å². The molecular formula is C14H16N2O4. The van der Waals surface area contributed by atoms with E-state index in [1.807, 2.05) is 24.3 Å². The summed E-state index contributed by atoms with van der Waals surface area (Å²) in [4.78, 5) is 34.0. The predicted molar refractivity (Wildman–Crippen MR) is 70.7 cm³/mol. The molecule has 6 heteroatoms. The summed E-state index contributed by atoms with van der Waals surface area (Å²) in [5.74, 6) is -2.61. The maximum Gasteiger partial charge on any atom is 0.305 e. The minimum absolute atomic E-state index is 0.298. The minimum atomic E-state index is -1.21. The number of amides is 2. The molecule has 1 aromatic carbocycles. The van der Waals surface area contributed by atoms with Crippen LogP contribution in [0.4, 0.5) is 0 Å². The van der Waals surface area contributed by atoms with Crippen molar-refractivity contribution < 1.29 is 19.5 Å². The number of nitrogens with two attached hydrogens (primary N) is 1. The van der Waals surface area contributed by atoms with Crippen LogP contribution in [0, 0.1) is 5.92 Å². The molecule has 0 unspecified atom stereocenters. The van der Waals surface area contributed by atoms with Gasteiger partial charge in [-0.3, -0.25) is 19.7 Å². The Kier molecular flexibility index (Phi) is 4.14. The molecular weight excluding hydrogens is 260 g/mol. The summed E-state index contributed by atoms with van der Waals surface area (Å²) in [6.45, 7) is 0. The van der Waals surface area contributed by atoms with Gasteiger partial charge in [-0.1, -0.05) is 24.3 Å². The Bertz CT molecular complexity index is 531. The van der Waals surface area contributed by atoms with Crippen molar-refractivity contribution in [2.75, 3.05) is 0 Å². The molecule has 0 aliphatic heterocycles. The number of carbonyl (C=O) groups excluding carboxylic acids is 2. The Morgan fingerprint density at radius 3 is 2.30 bits per heavy atom. The highest BCUT2D eigenvalue weighted by atomic mass is 16.4. The SMILES string of the molecule is N[C@@H](CC(=O)O)C(=O)NC(=O)C1Cc2ccccc2C1. The molecule has 1 aliphatic rings. The van der Waals surface area contributed by atoms with E-state index in [2.05, 4.69) is 5.32 Å². The Hall–Kier alpha value is -2.21. The quantitative estimate of drug-likeness (QED) is 0.708. The molecule has 2 rings (SSSR count). The summed E-state index contributed by atoms with van der Waals surface area (Å²) >= 11 is 0. The first-order valence-corrected chi connectivity index (χ1v) is 6.36. The average molecular weight is 276 g/mol. The molecule has 1 aliphatic carbocycles. The van der Waals surface area contributed by atoms with Gasteiger partial charge in [-0.05, 0) is 24.0 Å². The van der Waals surface area contributed by atoms with Gasteiger partial charge in [-0.2, -0.15) is 0 Å². The van der Waals surface area contributed by atoms with Gasteiger partial charge in [0.05, 0.1) is 12.5 Å². The molecule has 6 nitrogen and oxygen atoms in total. The van der Waals surface area contributed by atoms with Gasteiger partial charge >= 0.3 is 5.97 Å². The van der Waals surface area contributed by atoms with Crippen LogP contribution in [-0.2, 0) is 27.2 Å². The van der Waals surface area contributed by atoms with Crippen LogP contribution < -0.4 is 11.1 Å². The number of hydrogen-bond acceptors (Lipinski definition) is 4. The van der Waals surface area contributed by atoms with Gasteiger partial charge in [-0.15, -0.1) is 0 Å². The zero-order valence-corrected chi connectivity index (χ0v) is 10.8. The Morgan fingerprint density at radius 2 is 1.80 bits per heavy atom. The molecule has 0 heterocycles. The second kappa shape index (κ2) is 5.83. The topological polar surface area (TPSA) is 109 Å². The largest absolute Gasteiger partial charge is 0.481 e. The van der Waals surface area contributed by atoms with E-state index >= 15 is 0 Å². The number of imide groups is 1. The van der Waals surface area contributed by atoms with Gasteiger partial charge < -0.3 is 10.8 Å². The van der Waals surface area contributed by atoms with E-state index in [-0.39, 0.29) is 5.92 Å². The van der Waals surface area contributed by atoms with Gasteiger partial charge in [0.1, 0.15) is 0 Å². The number of benzene rings is 1. The number of hydrogen-bond donors (Lipinski definition) is 3. The van der Waals surface area contributed by atoms with E-state index in [1.165, 1.54) is 0 Å². The van der Waals surface area contributed by atoms with Crippen LogP contribution in [-0.4, -0.2) is 28.9 Å². The molecule has 0 bridgehead atoms. The number of rotatable bonds is 4. The van der Waals surface area contributed by atoms with Crippen molar-refractivity contribution in [3.8, 4) is 0 Å². The third kappa shape index (κ3) is 3.21. The third-order valence-corrected chi connectivity index (χ3v) is 3.40. The molecule has 20 heavy (non-hydrogen) atoms. The molecule has 1 aromatic rings. The van der Waals surface area contributed by atoms with Crippen LogP contribution in [0.5, 0.6) is 0 Å². The summed E-state index contributed by atoms with van der Waals surface area (Å²) < 4.78 is 0. The van der Waals surface area contributed by atoms with Crippen molar-refractivity contribution in [2.24, 2.45) is 11.7 Å². The zero-order valence-electron chi connectivity index (χ0n) is 10.8. The normalized spacial score (nSPS) is 15.4. The summed E-state index contributed by atoms with van der Waals surface area (Å²) in [6.07, 6.45) is 0.677. The third-order valence-electron chi connectivity index (χ3n) is 3.40. The smallest absolute Gasteiger partial charge is 0.305 e. The highest BCUT2D eigenvalue weighted by molar-refractivity contribution is 6.00. The number of fused-ring (bicyclic) bond motifs is 1. The molecule has 0 spiro atoms. The van der Waals surface area contributed by atoms with Crippen LogP contribution in [0.3, 0.4) is 0 Å². The molecule has 0 saturated carbocycles. The average Bonchev–Trinajstić information content (AvgIpc) is 2.81. The first-order valence-electron chi connectivity index (χ1n) is 6.36. The van der Waals surface area contributed by atoms with Crippen LogP contribution >= 0.6 is 0 Å². The van der Waals surface area contributed by atoms with Crippen molar-refractivity contribution in [1.82, 2.24) is 5.32 Å². The van der Waals surface area contributed by atoms with Gasteiger partial charge in [0.25, 0.3) is 0 Å². The lowest BCUT2D eigenvalue weighted by Gasteiger charge is -2.12. The van der Waals surface area contributed by atoms with E-state index in [0.717, 1.165) is 11.1 Å². The van der Waals surface area contributed by atoms with Gasteiger partial charge in [-0.25, -0.2) is 0 Å². The van der Waals surface area contributed by atoms with Crippen molar-refractivity contribution in [1.29, 1.82) is 0 Å². The molecule has 106 valence electrons. The van der Waals surface area contributed by atoms with E-state index < -0.39 is 30.2 Å². The lowest BCUT2D eigenvalue weighted by molar-refractivity contribution is -0.141. The Morgan fingerprint density at radius 1 is 1.25 bits per heavy atom. The fourth-order valence-corrected chi connectivity index (χ4v) is 2.34. The molecule has 0 aromatic heterocycles. The lowest BCUT2D eigenvalue weighted by atomic mass is 10.1. The van der Waals surface area contributed by atoms with E-state index in [1.54, 1.807) is 0 Å². The number of carbonyl (C=O) groups is 3. The summed E-state index contributed by atoms with van der Waals surface area (Å²) in [6, 6.07) is 6.53. The second-order valence-electron chi connectivity index (χ2n) is 4.93. The number of carboxylic acid groups (broad SMARTS) is 1. The predicted octanol–water partition coefficient (Wildman–Crippen LogP) is -0.154. The van der Waals surface area contributed by atoms with Gasteiger partial charge in [0.15, 0.2) is 0 Å². The lowest BCUT2D eigenvalue weighted by Crippen LogP contribution is -2.46. The van der Waals surface area contributed by atoms with Crippen molar-refractivity contribution in [3.63, 3.8) is 0 Å². The fourth-order valence-electron chi connectivity index (χ4n) is 2.34. The number of aliphatic carboxylic acids is 1. The summed E-state index contributed by atoms with van der Waals surface area (Å²) in [7, 11) is 0. The highest BCUT2D eigenvalue weighted by Gasteiger charge is 2.29. The van der Waals surface area contributed by atoms with Crippen molar-refractivity contribution in [3.05, 3.63) is 35.4 Å². The molecule has 2 amide bonds. The first-order chi connectivity index (χ1) is 9.47. The number of nitrogens with one attached hydrogen (secondary N) is 1. The maximum atomic E-state index is 12.0. The minimum Gasteiger partial charge on any atom is -0.481 e. The Balaban J connectivity index is 1.91. The highest BCUT2D eigenvalue weighted by Crippen LogP contribution is 2.26. The standard InChI is InChI=1S/C14H16N2O4/c15-11(7-12(17)18)14(20)16-13(19)10-5-8-3-1-2-4-9(8)6-10/h1-4,10-11H,5-7,15H2,(H,17,18)(H,16,19,20)/t11-/m0/s1. The molecule has 0 radical (unpaired) electrons. The Labute approximate surface area is 116 Å². The molecule has 0 saturated heterocycles. The summed E-state index contributed by atoms with van der Waals surface area (Å²) in [5, 5.41) is 10.7. The van der Waals surface area contributed by atoms with Gasteiger partial charge in [0.2, 0.25) is 11.8 Å². The monoisotopic (exact) mass is 276 g/mol. The number of carboxylic acids is 1. The zero-order chi connectivity index (χ0) is 14.7. The first kappa shape index (κ1) is 14.2. The van der Waals surface area contributed by atoms with E-state index in [9.17, 15) is 14.4 Å². The van der Waals surface area contributed by atoms with E-state index in [4.69, 9.17) is 10.8 Å². The van der Waals surface area contributed by atoms with Gasteiger partial charge in [0, 0.05) is 5.92 Å². The van der Waals surface area contributed by atoms with Crippen LogP contribution in [0.25, 0.3) is 0 Å². The summed E-state index contributed by atoms with van der Waals surface area (Å²) in [5.41, 5.74) is 7.62. The molecule has 4 N–H and O–H groups in total. The van der Waals surface area contributed by atoms with E-state index in [0.29, 0.717) is 12.8 Å². The maximum absolute atomic E-state index is 12.0.